The highest BCUT2D eigenvalue weighted by Gasteiger charge is 2.02. The van der Waals surface area contributed by atoms with E-state index in [4.69, 9.17) is 16.9 Å². The van der Waals surface area contributed by atoms with Crippen LogP contribution in [-0.4, -0.2) is 0 Å². The predicted octanol–water partition coefficient (Wildman–Crippen LogP) is 3.96. The van der Waals surface area contributed by atoms with E-state index in [0.717, 1.165) is 5.69 Å². The molecule has 0 atom stereocenters. The Morgan fingerprint density at radius 1 is 1.17 bits per heavy atom. The Hall–Kier alpha value is -2.05. The summed E-state index contributed by atoms with van der Waals surface area (Å²) in [6, 6.07) is 13.3. The molecule has 0 saturated heterocycles. The lowest BCUT2D eigenvalue weighted by Gasteiger charge is -2.08. The van der Waals surface area contributed by atoms with E-state index in [2.05, 4.69) is 5.32 Å². The first-order valence-corrected chi connectivity index (χ1v) is 5.75. The van der Waals surface area contributed by atoms with Gasteiger partial charge in [0.15, 0.2) is 0 Å². The van der Waals surface area contributed by atoms with Crippen LogP contribution < -0.4 is 5.32 Å². The Bertz CT molecular complexity index is 588. The summed E-state index contributed by atoms with van der Waals surface area (Å²) >= 11 is 5.96. The molecule has 4 heteroatoms. The maximum atomic E-state index is 13.0. The molecule has 0 spiro atoms. The monoisotopic (exact) mass is 260 g/mol. The van der Waals surface area contributed by atoms with Crippen molar-refractivity contribution < 1.29 is 4.39 Å². The van der Waals surface area contributed by atoms with E-state index in [9.17, 15) is 4.39 Å². The maximum Gasteiger partial charge on any atom is 0.123 e. The molecule has 0 aliphatic rings. The van der Waals surface area contributed by atoms with Crippen molar-refractivity contribution in [2.24, 2.45) is 0 Å². The summed E-state index contributed by atoms with van der Waals surface area (Å²) in [5, 5.41) is 12.3. The molecule has 0 unspecified atom stereocenters. The number of hydrogen-bond donors (Lipinski definition) is 1. The third-order valence-electron chi connectivity index (χ3n) is 2.50. The highest BCUT2D eigenvalue weighted by atomic mass is 35.5. The average Bonchev–Trinajstić information content (AvgIpc) is 2.40. The minimum absolute atomic E-state index is 0.309. The number of halogens is 2. The zero-order valence-corrected chi connectivity index (χ0v) is 10.2. The van der Waals surface area contributed by atoms with Gasteiger partial charge in [-0.1, -0.05) is 11.6 Å². The molecule has 2 rings (SSSR count). The van der Waals surface area contributed by atoms with Crippen LogP contribution in [0.3, 0.4) is 0 Å². The van der Waals surface area contributed by atoms with Crippen molar-refractivity contribution in [2.45, 2.75) is 6.54 Å². The summed E-state index contributed by atoms with van der Waals surface area (Å²) < 4.78 is 13.0. The van der Waals surface area contributed by atoms with E-state index in [1.807, 2.05) is 6.07 Å². The van der Waals surface area contributed by atoms with Crippen molar-refractivity contribution in [1.29, 1.82) is 5.26 Å². The molecule has 0 fully saturated rings. The maximum absolute atomic E-state index is 13.0. The number of nitriles is 1. The largest absolute Gasteiger partial charge is 0.381 e. The van der Waals surface area contributed by atoms with Crippen LogP contribution in [-0.2, 0) is 6.54 Å². The molecule has 0 aliphatic heterocycles. The Kier molecular flexibility index (Phi) is 3.81. The van der Waals surface area contributed by atoms with E-state index in [1.165, 1.54) is 18.2 Å². The Morgan fingerprint density at radius 3 is 2.56 bits per heavy atom. The van der Waals surface area contributed by atoms with Gasteiger partial charge in [0.2, 0.25) is 0 Å². The minimum Gasteiger partial charge on any atom is -0.381 e. The highest BCUT2D eigenvalue weighted by molar-refractivity contribution is 6.31. The van der Waals surface area contributed by atoms with Crippen molar-refractivity contribution in [3.8, 4) is 6.07 Å². The standard InChI is InChI=1S/C14H10ClFN2/c15-14-6-3-12(16)7-11(14)9-18-13-4-1-10(8-17)2-5-13/h1-7,18H,9H2. The fourth-order valence-corrected chi connectivity index (χ4v) is 1.72. The third kappa shape index (κ3) is 2.99. The third-order valence-corrected chi connectivity index (χ3v) is 2.87. The van der Waals surface area contributed by atoms with Crippen molar-refractivity contribution in [3.05, 3.63) is 64.4 Å². The van der Waals surface area contributed by atoms with Crippen molar-refractivity contribution in [2.75, 3.05) is 5.32 Å². The lowest BCUT2D eigenvalue weighted by Crippen LogP contribution is -2.00. The molecule has 0 saturated carbocycles. The molecule has 90 valence electrons. The first-order chi connectivity index (χ1) is 8.69. The molecule has 18 heavy (non-hydrogen) atoms. The van der Waals surface area contributed by atoms with Crippen molar-refractivity contribution >= 4 is 17.3 Å². The van der Waals surface area contributed by atoms with E-state index in [0.29, 0.717) is 22.7 Å². The summed E-state index contributed by atoms with van der Waals surface area (Å²) in [7, 11) is 0. The molecule has 2 nitrogen and oxygen atoms in total. The molecule has 0 radical (unpaired) electrons. The van der Waals surface area contributed by atoms with E-state index < -0.39 is 0 Å². The second-order valence-corrected chi connectivity index (χ2v) is 4.19. The molecule has 0 bridgehead atoms. The zero-order chi connectivity index (χ0) is 13.0. The van der Waals surface area contributed by atoms with Crippen LogP contribution >= 0.6 is 11.6 Å². The molecule has 1 N–H and O–H groups in total. The quantitative estimate of drug-likeness (QED) is 0.907. The molecular weight excluding hydrogens is 251 g/mol. The first-order valence-electron chi connectivity index (χ1n) is 5.37. The SMILES string of the molecule is N#Cc1ccc(NCc2cc(F)ccc2Cl)cc1. The van der Waals surface area contributed by atoms with Gasteiger partial charge in [0, 0.05) is 17.3 Å². The number of anilines is 1. The first kappa shape index (κ1) is 12.4. The van der Waals surface area contributed by atoms with Crippen LogP contribution in [0.4, 0.5) is 10.1 Å². The van der Waals surface area contributed by atoms with Gasteiger partial charge in [0.25, 0.3) is 0 Å². The fraction of sp³-hybridized carbons (Fsp3) is 0.0714. The molecule has 0 aliphatic carbocycles. The van der Waals surface area contributed by atoms with Crippen LogP contribution in [0.25, 0.3) is 0 Å². The summed E-state index contributed by atoms with van der Waals surface area (Å²) in [6.45, 7) is 0.433. The Balaban J connectivity index is 2.07. The number of nitrogens with zero attached hydrogens (tertiary/aromatic N) is 1. The minimum atomic E-state index is -0.309. The smallest absolute Gasteiger partial charge is 0.123 e. The van der Waals surface area contributed by atoms with E-state index in [1.54, 1.807) is 24.3 Å². The van der Waals surface area contributed by atoms with Crippen molar-refractivity contribution in [1.82, 2.24) is 0 Å². The molecule has 2 aromatic rings. The van der Waals surface area contributed by atoms with Gasteiger partial charge >= 0.3 is 0 Å². The zero-order valence-electron chi connectivity index (χ0n) is 9.45. The van der Waals surface area contributed by atoms with Gasteiger partial charge in [-0.2, -0.15) is 5.26 Å². The van der Waals surface area contributed by atoms with Gasteiger partial charge in [-0.15, -0.1) is 0 Å². The normalized spacial score (nSPS) is 9.83. The van der Waals surface area contributed by atoms with Gasteiger partial charge in [-0.25, -0.2) is 4.39 Å². The summed E-state index contributed by atoms with van der Waals surface area (Å²) in [5.41, 5.74) is 2.15. The number of nitrogens with one attached hydrogen (secondary N) is 1. The lowest BCUT2D eigenvalue weighted by atomic mass is 10.2. The van der Waals surface area contributed by atoms with Gasteiger partial charge in [0.05, 0.1) is 11.6 Å². The van der Waals surface area contributed by atoms with Crippen molar-refractivity contribution in [3.63, 3.8) is 0 Å². The summed E-state index contributed by atoms with van der Waals surface area (Å²) in [4.78, 5) is 0. The fourth-order valence-electron chi connectivity index (χ4n) is 1.54. The number of rotatable bonds is 3. The van der Waals surface area contributed by atoms with Gasteiger partial charge < -0.3 is 5.32 Å². The molecule has 0 aromatic heterocycles. The van der Waals surface area contributed by atoms with Crippen LogP contribution in [0.15, 0.2) is 42.5 Å². The second kappa shape index (κ2) is 5.52. The number of hydrogen-bond acceptors (Lipinski definition) is 2. The van der Waals surface area contributed by atoms with E-state index >= 15 is 0 Å². The Morgan fingerprint density at radius 2 is 1.89 bits per heavy atom. The topological polar surface area (TPSA) is 35.8 Å². The summed E-state index contributed by atoms with van der Waals surface area (Å²) in [5.74, 6) is -0.309. The molecular formula is C14H10ClFN2. The number of benzene rings is 2. The van der Waals surface area contributed by atoms with Crippen LogP contribution in [0.2, 0.25) is 5.02 Å². The van der Waals surface area contributed by atoms with E-state index in [-0.39, 0.29) is 5.82 Å². The van der Waals surface area contributed by atoms with Gasteiger partial charge in [-0.3, -0.25) is 0 Å². The summed E-state index contributed by atoms with van der Waals surface area (Å²) in [6.07, 6.45) is 0. The van der Waals surface area contributed by atoms with Crippen LogP contribution in [0, 0.1) is 17.1 Å². The molecule has 2 aromatic carbocycles. The van der Waals surface area contributed by atoms with Crippen LogP contribution in [0.5, 0.6) is 0 Å². The molecule has 0 heterocycles. The lowest BCUT2D eigenvalue weighted by molar-refractivity contribution is 0.626. The predicted molar refractivity (Wildman–Crippen MR) is 69.9 cm³/mol. The highest BCUT2D eigenvalue weighted by Crippen LogP contribution is 2.18. The molecule has 0 amide bonds. The van der Waals surface area contributed by atoms with Gasteiger partial charge in [-0.05, 0) is 48.0 Å². The van der Waals surface area contributed by atoms with Gasteiger partial charge in [0.1, 0.15) is 5.82 Å². The Labute approximate surface area is 110 Å². The second-order valence-electron chi connectivity index (χ2n) is 3.78. The average molecular weight is 261 g/mol. The van der Waals surface area contributed by atoms with Crippen LogP contribution in [0.1, 0.15) is 11.1 Å².